The molecule has 4 aromatic carbocycles. The van der Waals surface area contributed by atoms with Gasteiger partial charge in [0.25, 0.3) is 0 Å². The van der Waals surface area contributed by atoms with Gasteiger partial charge in [-0.25, -0.2) is 4.79 Å². The molecule has 0 spiro atoms. The Labute approximate surface area is 223 Å². The molecule has 0 aromatic heterocycles. The van der Waals surface area contributed by atoms with Crippen LogP contribution in [0.3, 0.4) is 0 Å². The van der Waals surface area contributed by atoms with Crippen molar-refractivity contribution in [2.45, 2.75) is 25.8 Å². The van der Waals surface area contributed by atoms with E-state index in [2.05, 4.69) is 5.32 Å². The van der Waals surface area contributed by atoms with Crippen LogP contribution in [-0.2, 0) is 14.3 Å². The molecule has 0 fully saturated rings. The molecule has 4 aromatic rings. The van der Waals surface area contributed by atoms with E-state index in [1.807, 2.05) is 117 Å². The number of ketones is 1. The molecule has 0 bridgehead atoms. The van der Waals surface area contributed by atoms with Gasteiger partial charge in [0.2, 0.25) is 5.91 Å². The van der Waals surface area contributed by atoms with Gasteiger partial charge in [0.15, 0.2) is 12.4 Å². The van der Waals surface area contributed by atoms with Crippen molar-refractivity contribution in [1.29, 1.82) is 0 Å². The van der Waals surface area contributed by atoms with Crippen LogP contribution < -0.4 is 5.32 Å². The topological polar surface area (TPSA) is 72.5 Å². The second-order valence-corrected chi connectivity index (χ2v) is 9.46. The molecule has 1 N–H and O–H groups in total. The third-order valence-corrected chi connectivity index (χ3v) is 6.41. The highest BCUT2D eigenvalue weighted by molar-refractivity contribution is 5.99. The summed E-state index contributed by atoms with van der Waals surface area (Å²) >= 11 is 0. The number of nitrogens with one attached hydrogen (secondary N) is 1. The predicted molar refractivity (Wildman–Crippen MR) is 149 cm³/mol. The zero-order valence-corrected chi connectivity index (χ0v) is 21.5. The highest BCUT2D eigenvalue weighted by Crippen LogP contribution is 2.25. The third kappa shape index (κ3) is 6.62. The average Bonchev–Trinajstić information content (AvgIpc) is 2.96. The van der Waals surface area contributed by atoms with Gasteiger partial charge in [-0.05, 0) is 28.2 Å². The summed E-state index contributed by atoms with van der Waals surface area (Å²) in [4.78, 5) is 39.2. The Morgan fingerprint density at radius 1 is 0.658 bits per heavy atom. The Morgan fingerprint density at radius 3 is 1.63 bits per heavy atom. The van der Waals surface area contributed by atoms with Crippen LogP contribution in [0.4, 0.5) is 0 Å². The van der Waals surface area contributed by atoms with E-state index >= 15 is 0 Å². The number of hydrogen-bond acceptors (Lipinski definition) is 4. The zero-order valence-electron chi connectivity index (χ0n) is 21.5. The quantitative estimate of drug-likeness (QED) is 0.210. The lowest BCUT2D eigenvalue weighted by Crippen LogP contribution is -2.47. The summed E-state index contributed by atoms with van der Waals surface area (Å²) in [5.41, 5.74) is 4.14. The number of ether oxygens (including phenoxy) is 1. The van der Waals surface area contributed by atoms with E-state index in [-0.39, 0.29) is 17.6 Å². The van der Waals surface area contributed by atoms with Crippen molar-refractivity contribution in [2.75, 3.05) is 6.61 Å². The number of carbonyl (C=O) groups excluding carboxylic acids is 3. The monoisotopic (exact) mass is 505 g/mol. The van der Waals surface area contributed by atoms with Crippen LogP contribution in [0.1, 0.15) is 41.3 Å². The molecule has 0 aliphatic heterocycles. The fraction of sp³-hybridized carbons (Fsp3) is 0.182. The second-order valence-electron chi connectivity index (χ2n) is 9.46. The van der Waals surface area contributed by atoms with Crippen molar-refractivity contribution in [1.82, 2.24) is 5.32 Å². The molecule has 5 nitrogen and oxygen atoms in total. The van der Waals surface area contributed by atoms with Crippen molar-refractivity contribution in [3.8, 4) is 11.1 Å². The molecule has 0 aliphatic carbocycles. The molecule has 1 unspecified atom stereocenters. The smallest absolute Gasteiger partial charge is 0.329 e. The molecule has 1 amide bonds. The van der Waals surface area contributed by atoms with Crippen molar-refractivity contribution >= 4 is 17.7 Å². The van der Waals surface area contributed by atoms with Gasteiger partial charge < -0.3 is 10.1 Å². The van der Waals surface area contributed by atoms with E-state index in [1.165, 1.54) is 0 Å². The number of rotatable bonds is 10. The fourth-order valence-electron chi connectivity index (χ4n) is 4.31. The minimum atomic E-state index is -0.898. The fourth-order valence-corrected chi connectivity index (χ4v) is 4.31. The van der Waals surface area contributed by atoms with Gasteiger partial charge in [0.05, 0.1) is 5.92 Å². The standard InChI is InChI=1S/C33H31NO4/c1-23(2)31(34-32(36)30(27-14-8-4-9-15-27)28-16-10-5-11-17-28)33(37)38-22-29(35)26-20-18-25(19-21-26)24-12-6-3-7-13-24/h3-21,23,30-31H,22H2,1-2H3,(H,34,36). The largest absolute Gasteiger partial charge is 0.456 e. The van der Waals surface area contributed by atoms with Gasteiger partial charge in [0.1, 0.15) is 6.04 Å². The van der Waals surface area contributed by atoms with Crippen LogP contribution in [0.2, 0.25) is 0 Å². The van der Waals surface area contributed by atoms with E-state index in [1.54, 1.807) is 12.1 Å². The normalized spacial score (nSPS) is 11.7. The number of esters is 1. The maximum Gasteiger partial charge on any atom is 0.329 e. The maximum absolute atomic E-state index is 13.5. The van der Waals surface area contributed by atoms with Crippen molar-refractivity contribution in [2.24, 2.45) is 5.92 Å². The Hall–Kier alpha value is -4.51. The first-order valence-corrected chi connectivity index (χ1v) is 12.7. The zero-order chi connectivity index (χ0) is 26.9. The molecule has 192 valence electrons. The minimum Gasteiger partial charge on any atom is -0.456 e. The van der Waals surface area contributed by atoms with Crippen molar-refractivity contribution < 1.29 is 19.1 Å². The summed E-state index contributed by atoms with van der Waals surface area (Å²) in [7, 11) is 0. The first kappa shape index (κ1) is 26.6. The summed E-state index contributed by atoms with van der Waals surface area (Å²) < 4.78 is 5.39. The van der Waals surface area contributed by atoms with E-state index in [0.717, 1.165) is 22.3 Å². The van der Waals surface area contributed by atoms with Crippen LogP contribution in [0.5, 0.6) is 0 Å². The molecule has 4 rings (SSSR count). The molecular formula is C33H31NO4. The second kappa shape index (κ2) is 12.6. The maximum atomic E-state index is 13.5. The van der Waals surface area contributed by atoms with Gasteiger partial charge >= 0.3 is 5.97 Å². The van der Waals surface area contributed by atoms with E-state index in [0.29, 0.717) is 5.56 Å². The molecule has 1 atom stereocenters. The lowest BCUT2D eigenvalue weighted by Gasteiger charge is -2.24. The first-order valence-electron chi connectivity index (χ1n) is 12.7. The van der Waals surface area contributed by atoms with Crippen molar-refractivity contribution in [3.63, 3.8) is 0 Å². The molecule has 0 aliphatic rings. The number of amides is 1. The first-order chi connectivity index (χ1) is 18.4. The predicted octanol–water partition coefficient (Wildman–Crippen LogP) is 6.05. The van der Waals surface area contributed by atoms with Crippen molar-refractivity contribution in [3.05, 3.63) is 132 Å². The minimum absolute atomic E-state index is 0.237. The number of carbonyl (C=O) groups is 3. The molecule has 0 radical (unpaired) electrons. The van der Waals surface area contributed by atoms with E-state index in [9.17, 15) is 14.4 Å². The van der Waals surface area contributed by atoms with Gasteiger partial charge in [-0.1, -0.05) is 129 Å². The molecular weight excluding hydrogens is 474 g/mol. The lowest BCUT2D eigenvalue weighted by atomic mass is 9.90. The molecule has 0 heterocycles. The third-order valence-electron chi connectivity index (χ3n) is 6.41. The number of hydrogen-bond donors (Lipinski definition) is 1. The Bertz CT molecular complexity index is 1310. The molecule has 0 saturated carbocycles. The van der Waals surface area contributed by atoms with Gasteiger partial charge in [-0.2, -0.15) is 0 Å². The molecule has 38 heavy (non-hydrogen) atoms. The van der Waals surface area contributed by atoms with E-state index in [4.69, 9.17) is 4.74 Å². The SMILES string of the molecule is CC(C)C(NC(=O)C(c1ccccc1)c1ccccc1)C(=O)OCC(=O)c1ccc(-c2ccccc2)cc1. The summed E-state index contributed by atoms with van der Waals surface area (Å²) in [5.74, 6) is -2.07. The average molecular weight is 506 g/mol. The van der Waals surface area contributed by atoms with Crippen LogP contribution in [0.25, 0.3) is 11.1 Å². The highest BCUT2D eigenvalue weighted by Gasteiger charge is 2.31. The summed E-state index contributed by atoms with van der Waals surface area (Å²) in [6.45, 7) is 3.26. The molecule has 5 heteroatoms. The van der Waals surface area contributed by atoms with Gasteiger partial charge in [-0.15, -0.1) is 0 Å². The summed E-state index contributed by atoms with van der Waals surface area (Å²) in [6.07, 6.45) is 0. The summed E-state index contributed by atoms with van der Waals surface area (Å²) in [5, 5.41) is 2.88. The molecule has 0 saturated heterocycles. The van der Waals surface area contributed by atoms with Gasteiger partial charge in [0, 0.05) is 5.56 Å². The van der Waals surface area contributed by atoms with Gasteiger partial charge in [-0.3, -0.25) is 9.59 Å². The van der Waals surface area contributed by atoms with Crippen LogP contribution in [0, 0.1) is 5.92 Å². The number of Topliss-reactive ketones (excluding diaryl/α,β-unsaturated/α-hetero) is 1. The van der Waals surface area contributed by atoms with Crippen LogP contribution in [-0.4, -0.2) is 30.3 Å². The lowest BCUT2D eigenvalue weighted by molar-refractivity contribution is -0.148. The van der Waals surface area contributed by atoms with E-state index < -0.39 is 24.5 Å². The Balaban J connectivity index is 1.42. The Kier molecular flexibility index (Phi) is 8.83. The van der Waals surface area contributed by atoms with Crippen LogP contribution in [0.15, 0.2) is 115 Å². The summed E-state index contributed by atoms with van der Waals surface area (Å²) in [6, 6.07) is 35.0. The highest BCUT2D eigenvalue weighted by atomic mass is 16.5. The van der Waals surface area contributed by atoms with Crippen LogP contribution >= 0.6 is 0 Å². The number of benzene rings is 4. The Morgan fingerprint density at radius 2 is 1.13 bits per heavy atom.